The number of likely N-dealkylation sites (N-methyl/N-ethyl adjacent to an activating group) is 1. The molecular formula is C29H26N10O2. The van der Waals surface area contributed by atoms with Crippen LogP contribution >= 0.6 is 0 Å². The number of hydrogen-bond donors (Lipinski definition) is 2. The van der Waals surface area contributed by atoms with Crippen LogP contribution in [-0.4, -0.2) is 73.2 Å². The summed E-state index contributed by atoms with van der Waals surface area (Å²) in [5.41, 5.74) is 8.55. The number of hydrogen-bond acceptors (Lipinski definition) is 9. The second kappa shape index (κ2) is 9.68. The van der Waals surface area contributed by atoms with Crippen LogP contribution in [0.3, 0.4) is 0 Å². The smallest absolute Gasteiger partial charge is 0.284 e. The first kappa shape index (κ1) is 24.7. The van der Waals surface area contributed by atoms with Crippen molar-refractivity contribution in [1.29, 1.82) is 0 Å². The van der Waals surface area contributed by atoms with E-state index in [0.717, 1.165) is 37.6 Å². The van der Waals surface area contributed by atoms with Crippen molar-refractivity contribution < 1.29 is 4.79 Å². The van der Waals surface area contributed by atoms with Crippen LogP contribution < -0.4 is 21.5 Å². The topological polar surface area (TPSA) is 140 Å². The average Bonchev–Trinajstić information content (AvgIpc) is 3.33. The second-order valence-corrected chi connectivity index (χ2v) is 10.0. The van der Waals surface area contributed by atoms with Gasteiger partial charge in [0.05, 0.1) is 16.5 Å². The third kappa shape index (κ3) is 4.21. The summed E-state index contributed by atoms with van der Waals surface area (Å²) in [7, 11) is 2.14. The molecule has 0 saturated carbocycles. The number of nitrogens with zero attached hydrogens (tertiary/aromatic N) is 8. The Morgan fingerprint density at radius 3 is 2.46 bits per heavy atom. The lowest BCUT2D eigenvalue weighted by atomic mass is 10.1. The Hall–Kier alpha value is -5.36. The zero-order chi connectivity index (χ0) is 28.1. The van der Waals surface area contributed by atoms with Crippen molar-refractivity contribution in [3.05, 3.63) is 89.0 Å². The standard InChI is InChI=1S/C29H26N10O2/c1-36-13-15-37(16-14-36)19-10-8-18(9-11-19)33-29-32-17-21-26(35-29)34-27-24-20(25(30)40)5-4-6-22(24)38(39(27)28(21)41)23-7-2-3-12-31-23/h2-12,17H,13-16H2,1H3,(H2,30,40)(H,32,33,35). The molecule has 0 atom stereocenters. The summed E-state index contributed by atoms with van der Waals surface area (Å²) in [5.74, 6) is 0.150. The van der Waals surface area contributed by atoms with Crippen molar-refractivity contribution in [2.75, 3.05) is 43.4 Å². The molecule has 1 aliphatic rings. The Morgan fingerprint density at radius 1 is 0.927 bits per heavy atom. The minimum absolute atomic E-state index is 0.195. The molecule has 6 aromatic rings. The summed E-state index contributed by atoms with van der Waals surface area (Å²) >= 11 is 0. The fourth-order valence-corrected chi connectivity index (χ4v) is 5.29. The lowest BCUT2D eigenvalue weighted by molar-refractivity contribution is 0.100. The summed E-state index contributed by atoms with van der Waals surface area (Å²) < 4.78 is 3.01. The normalized spacial score (nSPS) is 14.2. The molecule has 0 bridgehead atoms. The van der Waals surface area contributed by atoms with Crippen LogP contribution in [0.4, 0.5) is 17.3 Å². The number of rotatable bonds is 5. The second-order valence-electron chi connectivity index (χ2n) is 10.0. The van der Waals surface area contributed by atoms with Crippen LogP contribution in [0, 0.1) is 0 Å². The van der Waals surface area contributed by atoms with Gasteiger partial charge in [-0.05, 0) is 55.6 Å². The quantitative estimate of drug-likeness (QED) is 0.334. The third-order valence-corrected chi connectivity index (χ3v) is 7.42. The van der Waals surface area contributed by atoms with Crippen LogP contribution in [0.5, 0.6) is 0 Å². The fourth-order valence-electron chi connectivity index (χ4n) is 5.29. The number of amides is 1. The minimum atomic E-state index is -0.629. The highest BCUT2D eigenvalue weighted by atomic mass is 16.1. The SMILES string of the molecule is CN1CCN(c2ccc(Nc3ncc4c(=O)n5c(nc4n3)c3c(C(N)=O)cccc3n5-c3ccccn3)cc2)CC1. The van der Waals surface area contributed by atoms with Crippen molar-refractivity contribution >= 4 is 50.8 Å². The molecule has 4 aromatic heterocycles. The van der Waals surface area contributed by atoms with Crippen LogP contribution in [0.25, 0.3) is 33.4 Å². The summed E-state index contributed by atoms with van der Waals surface area (Å²) in [6.07, 6.45) is 3.09. The van der Waals surface area contributed by atoms with Gasteiger partial charge in [-0.3, -0.25) is 9.59 Å². The summed E-state index contributed by atoms with van der Waals surface area (Å²) in [4.78, 5) is 49.1. The maximum absolute atomic E-state index is 13.9. The number of benzene rings is 2. The Kier molecular flexibility index (Phi) is 5.82. The van der Waals surface area contributed by atoms with Crippen LogP contribution in [-0.2, 0) is 0 Å². The first-order chi connectivity index (χ1) is 20.0. The van der Waals surface area contributed by atoms with Crippen molar-refractivity contribution in [1.82, 2.24) is 34.0 Å². The maximum atomic E-state index is 13.9. The number of anilines is 3. The first-order valence-electron chi connectivity index (χ1n) is 13.2. The van der Waals surface area contributed by atoms with Gasteiger partial charge in [0.15, 0.2) is 17.1 Å². The van der Waals surface area contributed by atoms with Crippen molar-refractivity contribution in [2.45, 2.75) is 0 Å². The van der Waals surface area contributed by atoms with Gasteiger partial charge in [0.2, 0.25) is 11.9 Å². The number of pyridine rings is 1. The van der Waals surface area contributed by atoms with E-state index in [0.29, 0.717) is 22.7 Å². The van der Waals surface area contributed by atoms with E-state index in [1.807, 2.05) is 18.2 Å². The number of piperazine rings is 1. The average molecular weight is 547 g/mol. The van der Waals surface area contributed by atoms with Crippen molar-refractivity contribution in [3.8, 4) is 5.82 Å². The zero-order valence-corrected chi connectivity index (χ0v) is 22.2. The molecule has 41 heavy (non-hydrogen) atoms. The Balaban J connectivity index is 1.33. The van der Waals surface area contributed by atoms with Gasteiger partial charge in [-0.1, -0.05) is 12.1 Å². The molecule has 1 fully saturated rings. The molecule has 0 aliphatic carbocycles. The molecule has 12 heteroatoms. The number of aromatic nitrogens is 6. The molecule has 2 aromatic carbocycles. The van der Waals surface area contributed by atoms with E-state index in [4.69, 9.17) is 10.7 Å². The predicted octanol–water partition coefficient (Wildman–Crippen LogP) is 2.57. The Labute approximate surface area is 233 Å². The van der Waals surface area contributed by atoms with Crippen LogP contribution in [0.15, 0.2) is 77.9 Å². The van der Waals surface area contributed by atoms with Gasteiger partial charge in [0, 0.05) is 49.9 Å². The number of primary amides is 1. The zero-order valence-electron chi connectivity index (χ0n) is 22.2. The van der Waals surface area contributed by atoms with Crippen molar-refractivity contribution in [2.24, 2.45) is 5.73 Å². The molecular weight excluding hydrogens is 520 g/mol. The summed E-state index contributed by atoms with van der Waals surface area (Å²) in [6, 6.07) is 18.6. The molecule has 0 radical (unpaired) electrons. The molecule has 3 N–H and O–H groups in total. The molecule has 0 unspecified atom stereocenters. The van der Waals surface area contributed by atoms with Crippen molar-refractivity contribution in [3.63, 3.8) is 0 Å². The molecule has 204 valence electrons. The van der Waals surface area contributed by atoms with E-state index in [9.17, 15) is 9.59 Å². The largest absolute Gasteiger partial charge is 0.369 e. The molecule has 7 rings (SSSR count). The number of carbonyl (C=O) groups is 1. The number of fused-ring (bicyclic) bond motifs is 4. The van der Waals surface area contributed by atoms with E-state index in [1.165, 1.54) is 10.7 Å². The molecule has 1 aliphatic heterocycles. The van der Waals surface area contributed by atoms with Gasteiger partial charge >= 0.3 is 0 Å². The monoisotopic (exact) mass is 546 g/mol. The van der Waals surface area contributed by atoms with Gasteiger partial charge in [-0.15, -0.1) is 0 Å². The molecule has 1 amide bonds. The van der Waals surface area contributed by atoms with Gasteiger partial charge in [-0.25, -0.2) is 19.6 Å². The highest BCUT2D eigenvalue weighted by molar-refractivity contribution is 6.11. The van der Waals surface area contributed by atoms with Gasteiger partial charge in [0.1, 0.15) is 5.39 Å². The molecule has 12 nitrogen and oxygen atoms in total. The fraction of sp³-hybridized carbons (Fsp3) is 0.172. The van der Waals surface area contributed by atoms with E-state index in [1.54, 1.807) is 41.2 Å². The first-order valence-corrected chi connectivity index (χ1v) is 13.2. The lowest BCUT2D eigenvalue weighted by Gasteiger charge is -2.34. The number of nitrogens with two attached hydrogens (primary N) is 1. The molecule has 5 heterocycles. The van der Waals surface area contributed by atoms with Crippen LogP contribution in [0.2, 0.25) is 0 Å². The Morgan fingerprint density at radius 2 is 1.73 bits per heavy atom. The third-order valence-electron chi connectivity index (χ3n) is 7.42. The van der Waals surface area contributed by atoms with Gasteiger partial charge < -0.3 is 20.9 Å². The summed E-state index contributed by atoms with van der Waals surface area (Å²) in [5, 5.41) is 3.87. The van der Waals surface area contributed by atoms with E-state index in [2.05, 4.69) is 49.2 Å². The molecule has 1 saturated heterocycles. The van der Waals surface area contributed by atoms with Gasteiger partial charge in [0.25, 0.3) is 5.56 Å². The van der Waals surface area contributed by atoms with E-state index < -0.39 is 11.5 Å². The lowest BCUT2D eigenvalue weighted by Crippen LogP contribution is -2.44. The van der Waals surface area contributed by atoms with Gasteiger partial charge in [-0.2, -0.15) is 9.50 Å². The van der Waals surface area contributed by atoms with E-state index in [-0.39, 0.29) is 22.2 Å². The minimum Gasteiger partial charge on any atom is -0.369 e. The highest BCUT2D eigenvalue weighted by Gasteiger charge is 2.22. The van der Waals surface area contributed by atoms with Crippen LogP contribution in [0.1, 0.15) is 10.4 Å². The summed E-state index contributed by atoms with van der Waals surface area (Å²) in [6.45, 7) is 4.04. The number of carbonyl (C=O) groups excluding carboxylic acids is 1. The highest BCUT2D eigenvalue weighted by Crippen LogP contribution is 2.28. The predicted molar refractivity (Wildman–Crippen MR) is 157 cm³/mol. The number of nitrogens with one attached hydrogen (secondary N) is 1. The maximum Gasteiger partial charge on any atom is 0.284 e. The molecule has 0 spiro atoms. The van der Waals surface area contributed by atoms with E-state index >= 15 is 0 Å². The Bertz CT molecular complexity index is 1990.